The van der Waals surface area contributed by atoms with Gasteiger partial charge in [0, 0.05) is 51.0 Å². The first-order chi connectivity index (χ1) is 11.0. The minimum Gasteiger partial charge on any atom is -0.354 e. The van der Waals surface area contributed by atoms with Gasteiger partial charge in [-0.2, -0.15) is 0 Å². The second kappa shape index (κ2) is 9.03. The van der Waals surface area contributed by atoms with Crippen molar-refractivity contribution in [1.82, 2.24) is 14.8 Å². The van der Waals surface area contributed by atoms with Crippen molar-refractivity contribution in [3.8, 4) is 0 Å². The molecule has 0 spiro atoms. The molecule has 1 atom stereocenters. The van der Waals surface area contributed by atoms with Crippen LogP contribution in [0, 0.1) is 5.41 Å². The summed E-state index contributed by atoms with van der Waals surface area (Å²) in [7, 11) is 2.13. The van der Waals surface area contributed by atoms with Gasteiger partial charge in [0.15, 0.2) is 0 Å². The van der Waals surface area contributed by atoms with E-state index in [0.29, 0.717) is 6.54 Å². The summed E-state index contributed by atoms with van der Waals surface area (Å²) in [5, 5.41) is 0. The molecule has 2 aliphatic rings. The van der Waals surface area contributed by atoms with Crippen molar-refractivity contribution >= 4 is 36.5 Å². The van der Waals surface area contributed by atoms with Crippen molar-refractivity contribution in [1.29, 1.82) is 0 Å². The Labute approximate surface area is 162 Å². The van der Waals surface area contributed by atoms with Gasteiger partial charge in [0.25, 0.3) is 5.91 Å². The molecule has 3 rings (SSSR count). The number of nitrogens with zero attached hydrogens (tertiary/aromatic N) is 4. The maximum absolute atomic E-state index is 12.8. The summed E-state index contributed by atoms with van der Waals surface area (Å²) in [4.78, 5) is 23.7. The molecule has 25 heavy (non-hydrogen) atoms. The van der Waals surface area contributed by atoms with Gasteiger partial charge in [0.2, 0.25) is 0 Å². The predicted octanol–water partition coefficient (Wildman–Crippen LogP) is 1.49. The molecule has 0 aromatic carbocycles. The third kappa shape index (κ3) is 4.97. The van der Waals surface area contributed by atoms with E-state index in [1.165, 1.54) is 0 Å². The van der Waals surface area contributed by atoms with Gasteiger partial charge < -0.3 is 20.4 Å². The van der Waals surface area contributed by atoms with Gasteiger partial charge in [0.05, 0.1) is 0 Å². The Morgan fingerprint density at radius 1 is 1.24 bits per heavy atom. The number of halogens is 2. The summed E-state index contributed by atoms with van der Waals surface area (Å²) in [5.74, 6) is 1.00. The number of aromatic nitrogens is 1. The van der Waals surface area contributed by atoms with E-state index >= 15 is 0 Å². The van der Waals surface area contributed by atoms with Crippen LogP contribution < -0.4 is 10.6 Å². The molecule has 6 nitrogen and oxygen atoms in total. The maximum Gasteiger partial charge on any atom is 0.254 e. The second-order valence-corrected chi connectivity index (χ2v) is 7.18. The summed E-state index contributed by atoms with van der Waals surface area (Å²) in [5.41, 5.74) is 6.63. The minimum absolute atomic E-state index is 0. The largest absolute Gasteiger partial charge is 0.354 e. The zero-order chi connectivity index (χ0) is 16.4. The van der Waals surface area contributed by atoms with Crippen molar-refractivity contribution in [3.63, 3.8) is 0 Å². The summed E-state index contributed by atoms with van der Waals surface area (Å²) in [6, 6.07) is 3.76. The van der Waals surface area contributed by atoms with Crippen LogP contribution >= 0.6 is 24.8 Å². The normalized spacial score (nSPS) is 23.8. The third-order valence-electron chi connectivity index (χ3n) is 5.16. The molecule has 0 radical (unpaired) electrons. The van der Waals surface area contributed by atoms with Crippen molar-refractivity contribution < 1.29 is 4.79 Å². The number of hydrogen-bond donors (Lipinski definition) is 1. The highest BCUT2D eigenvalue weighted by molar-refractivity contribution is 5.95. The van der Waals surface area contributed by atoms with Crippen molar-refractivity contribution in [2.24, 2.45) is 11.1 Å². The number of nitrogens with two attached hydrogens (primary N) is 1. The molecule has 0 saturated carbocycles. The number of amides is 1. The predicted molar refractivity (Wildman–Crippen MR) is 106 cm³/mol. The molecule has 2 aliphatic heterocycles. The number of likely N-dealkylation sites (tertiary alicyclic amines) is 1. The molecular weight excluding hydrogens is 361 g/mol. The van der Waals surface area contributed by atoms with E-state index in [1.807, 2.05) is 17.0 Å². The van der Waals surface area contributed by atoms with Gasteiger partial charge in [-0.3, -0.25) is 4.79 Å². The highest BCUT2D eigenvalue weighted by Crippen LogP contribution is 2.29. The molecule has 3 heterocycles. The lowest BCUT2D eigenvalue weighted by atomic mass is 9.90. The van der Waals surface area contributed by atoms with E-state index in [2.05, 4.69) is 28.8 Å². The summed E-state index contributed by atoms with van der Waals surface area (Å²) >= 11 is 0. The molecule has 142 valence electrons. The third-order valence-corrected chi connectivity index (χ3v) is 5.16. The average Bonchev–Trinajstić information content (AvgIpc) is 2.98. The molecule has 2 N–H and O–H groups in total. The Hall–Kier alpha value is -1.08. The zero-order valence-electron chi connectivity index (χ0n) is 15.0. The number of rotatable bonds is 3. The lowest BCUT2D eigenvalue weighted by Crippen LogP contribution is -2.44. The van der Waals surface area contributed by atoms with Crippen LogP contribution in [0.1, 0.15) is 23.7 Å². The zero-order valence-corrected chi connectivity index (χ0v) is 16.6. The van der Waals surface area contributed by atoms with Crippen LogP contribution in [0.25, 0.3) is 0 Å². The molecule has 1 unspecified atom stereocenters. The number of carbonyl (C=O) groups is 1. The molecule has 2 saturated heterocycles. The van der Waals surface area contributed by atoms with Crippen LogP contribution in [0.4, 0.5) is 5.82 Å². The van der Waals surface area contributed by atoms with Crippen LogP contribution in [-0.4, -0.2) is 73.6 Å². The highest BCUT2D eigenvalue weighted by atomic mass is 35.5. The highest BCUT2D eigenvalue weighted by Gasteiger charge is 2.35. The van der Waals surface area contributed by atoms with E-state index in [0.717, 1.165) is 57.1 Å². The Morgan fingerprint density at radius 3 is 2.52 bits per heavy atom. The first-order valence-corrected chi connectivity index (χ1v) is 8.40. The number of anilines is 1. The lowest BCUT2D eigenvalue weighted by molar-refractivity contribution is 0.0777. The summed E-state index contributed by atoms with van der Waals surface area (Å²) in [6.07, 6.45) is 2.73. The van der Waals surface area contributed by atoms with Crippen LogP contribution in [0.3, 0.4) is 0 Å². The van der Waals surface area contributed by atoms with E-state index in [1.54, 1.807) is 6.20 Å². The molecule has 0 aliphatic carbocycles. The smallest absolute Gasteiger partial charge is 0.254 e. The van der Waals surface area contributed by atoms with Crippen molar-refractivity contribution in [2.45, 2.75) is 13.3 Å². The molecule has 0 bridgehead atoms. The van der Waals surface area contributed by atoms with Gasteiger partial charge in [-0.1, -0.05) is 6.92 Å². The number of pyridine rings is 1. The topological polar surface area (TPSA) is 65.7 Å². The number of piperazine rings is 1. The number of hydrogen-bond acceptors (Lipinski definition) is 5. The standard InChI is InChI=1S/C17H27N5O.2ClH/c1-17(12-18)4-6-22(13-17)16(23)14-3-5-19-15(11-14)21-9-7-20(2)8-10-21;;/h3,5,11H,4,6-10,12-13,18H2,1-2H3;2*1H. The molecular formula is C17H29Cl2N5O. The fourth-order valence-electron chi connectivity index (χ4n) is 3.31. The van der Waals surface area contributed by atoms with Crippen molar-refractivity contribution in [3.05, 3.63) is 23.9 Å². The number of carbonyl (C=O) groups excluding carboxylic acids is 1. The Kier molecular flexibility index (Phi) is 7.93. The molecule has 1 amide bonds. The second-order valence-electron chi connectivity index (χ2n) is 7.18. The molecule has 8 heteroatoms. The van der Waals surface area contributed by atoms with Crippen LogP contribution in [0.15, 0.2) is 18.3 Å². The summed E-state index contributed by atoms with van der Waals surface area (Å²) in [6.45, 7) is 8.28. The van der Waals surface area contributed by atoms with Gasteiger partial charge in [-0.05, 0) is 37.6 Å². The monoisotopic (exact) mass is 389 g/mol. The molecule has 2 fully saturated rings. The number of likely N-dealkylation sites (N-methyl/N-ethyl adjacent to an activating group) is 1. The van der Waals surface area contributed by atoms with E-state index < -0.39 is 0 Å². The lowest BCUT2D eigenvalue weighted by Gasteiger charge is -2.33. The average molecular weight is 390 g/mol. The molecule has 1 aromatic heterocycles. The Bertz CT molecular complexity index is 580. The fraction of sp³-hybridized carbons (Fsp3) is 0.647. The summed E-state index contributed by atoms with van der Waals surface area (Å²) < 4.78 is 0. The van der Waals surface area contributed by atoms with E-state index in [4.69, 9.17) is 5.73 Å². The Morgan fingerprint density at radius 2 is 1.92 bits per heavy atom. The van der Waals surface area contributed by atoms with Gasteiger partial charge in [-0.25, -0.2) is 4.98 Å². The van der Waals surface area contributed by atoms with Gasteiger partial charge in [0.1, 0.15) is 5.82 Å². The van der Waals surface area contributed by atoms with Crippen LogP contribution in [0.2, 0.25) is 0 Å². The Balaban J connectivity index is 0.00000156. The minimum atomic E-state index is 0. The van der Waals surface area contributed by atoms with Crippen LogP contribution in [0.5, 0.6) is 0 Å². The maximum atomic E-state index is 12.8. The first-order valence-electron chi connectivity index (χ1n) is 8.40. The van der Waals surface area contributed by atoms with Crippen LogP contribution in [-0.2, 0) is 0 Å². The van der Waals surface area contributed by atoms with Crippen molar-refractivity contribution in [2.75, 3.05) is 57.8 Å². The molecule has 1 aromatic rings. The van der Waals surface area contributed by atoms with Gasteiger partial charge >= 0.3 is 0 Å². The van der Waals surface area contributed by atoms with E-state index in [9.17, 15) is 4.79 Å². The first kappa shape index (κ1) is 22.0. The van der Waals surface area contributed by atoms with Gasteiger partial charge in [-0.15, -0.1) is 24.8 Å². The SMILES string of the molecule is CN1CCN(c2cc(C(=O)N3CCC(C)(CN)C3)ccn2)CC1.Cl.Cl. The van der Waals surface area contributed by atoms with E-state index in [-0.39, 0.29) is 36.1 Å². The quantitative estimate of drug-likeness (QED) is 0.847. The fourth-order valence-corrected chi connectivity index (χ4v) is 3.31.